The van der Waals surface area contributed by atoms with Crippen LogP contribution in [0.1, 0.15) is 24.2 Å². The van der Waals surface area contributed by atoms with Gasteiger partial charge in [0.25, 0.3) is 0 Å². The molecular weight excluding hydrogens is 168 g/mol. The molecule has 0 radical (unpaired) electrons. The molecule has 0 aliphatic rings. The lowest BCUT2D eigenvalue weighted by Crippen LogP contribution is -1.97. The van der Waals surface area contributed by atoms with Crippen LogP contribution < -0.4 is 4.74 Å². The molecule has 3 heteroatoms. The number of hydrogen-bond donors (Lipinski definition) is 2. The summed E-state index contributed by atoms with van der Waals surface area (Å²) in [5.74, 6) is 0.455. The van der Waals surface area contributed by atoms with Crippen LogP contribution in [0.4, 0.5) is 0 Å². The first kappa shape index (κ1) is 9.86. The van der Waals surface area contributed by atoms with E-state index in [4.69, 9.17) is 4.74 Å². The molecule has 2 N–H and O–H groups in total. The minimum atomic E-state index is -0.638. The monoisotopic (exact) mass is 182 g/mol. The van der Waals surface area contributed by atoms with Crippen LogP contribution >= 0.6 is 0 Å². The van der Waals surface area contributed by atoms with Gasteiger partial charge < -0.3 is 14.9 Å². The van der Waals surface area contributed by atoms with E-state index in [0.29, 0.717) is 11.3 Å². The largest absolute Gasteiger partial charge is 0.504 e. The predicted molar refractivity (Wildman–Crippen MR) is 50.0 cm³/mol. The van der Waals surface area contributed by atoms with E-state index in [9.17, 15) is 10.2 Å². The number of methoxy groups -OCH3 is 1. The summed E-state index contributed by atoms with van der Waals surface area (Å²) in [6, 6.07) is 3.50. The molecule has 0 amide bonds. The molecule has 0 aliphatic heterocycles. The molecule has 0 saturated carbocycles. The maximum atomic E-state index is 9.59. The molecule has 1 atom stereocenters. The number of aromatic hydroxyl groups is 1. The van der Waals surface area contributed by atoms with Gasteiger partial charge in [0, 0.05) is 5.56 Å². The van der Waals surface area contributed by atoms with Gasteiger partial charge in [0.1, 0.15) is 0 Å². The Morgan fingerprint density at radius 2 is 2.00 bits per heavy atom. The maximum Gasteiger partial charge on any atom is 0.166 e. The molecule has 1 aromatic carbocycles. The van der Waals surface area contributed by atoms with Crippen molar-refractivity contribution in [2.24, 2.45) is 0 Å². The van der Waals surface area contributed by atoms with Crippen molar-refractivity contribution in [3.05, 3.63) is 23.3 Å². The topological polar surface area (TPSA) is 49.7 Å². The number of hydrogen-bond acceptors (Lipinski definition) is 3. The fraction of sp³-hybridized carbons (Fsp3) is 0.400. The van der Waals surface area contributed by atoms with Crippen molar-refractivity contribution in [1.82, 2.24) is 0 Å². The van der Waals surface area contributed by atoms with E-state index >= 15 is 0 Å². The normalized spacial score (nSPS) is 12.6. The van der Waals surface area contributed by atoms with Crippen molar-refractivity contribution in [2.75, 3.05) is 7.11 Å². The Balaban J connectivity index is 3.30. The van der Waals surface area contributed by atoms with Crippen molar-refractivity contribution in [1.29, 1.82) is 0 Å². The van der Waals surface area contributed by atoms with Crippen molar-refractivity contribution in [3.63, 3.8) is 0 Å². The summed E-state index contributed by atoms with van der Waals surface area (Å²) in [7, 11) is 1.47. The fourth-order valence-electron chi connectivity index (χ4n) is 1.23. The zero-order chi connectivity index (χ0) is 10.0. The smallest absolute Gasteiger partial charge is 0.166 e. The molecule has 0 aromatic heterocycles. The molecular formula is C10H14O3. The third-order valence-electron chi connectivity index (χ3n) is 2.02. The van der Waals surface area contributed by atoms with Crippen LogP contribution in [0, 0.1) is 6.92 Å². The van der Waals surface area contributed by atoms with Crippen LogP contribution in [0.5, 0.6) is 11.5 Å². The number of aliphatic hydroxyl groups is 1. The molecule has 1 rings (SSSR count). The molecule has 1 aromatic rings. The van der Waals surface area contributed by atoms with Gasteiger partial charge in [-0.3, -0.25) is 0 Å². The first-order valence-electron chi connectivity index (χ1n) is 4.12. The first-order chi connectivity index (χ1) is 6.07. The summed E-state index contributed by atoms with van der Waals surface area (Å²) >= 11 is 0. The second-order valence-corrected chi connectivity index (χ2v) is 3.03. The van der Waals surface area contributed by atoms with E-state index in [1.165, 1.54) is 7.11 Å². The minimum Gasteiger partial charge on any atom is -0.504 e. The van der Waals surface area contributed by atoms with E-state index in [2.05, 4.69) is 0 Å². The van der Waals surface area contributed by atoms with Gasteiger partial charge in [-0.05, 0) is 19.4 Å². The number of aryl methyl sites for hydroxylation is 1. The van der Waals surface area contributed by atoms with Crippen molar-refractivity contribution >= 4 is 0 Å². The molecule has 72 valence electrons. The standard InChI is InChI=1S/C10H14O3/c1-6-4-5-8(7(2)11)10(13-3)9(6)12/h4-5,7,11-12H,1-3H3. The fourth-order valence-corrected chi connectivity index (χ4v) is 1.23. The van der Waals surface area contributed by atoms with Gasteiger partial charge in [-0.25, -0.2) is 0 Å². The van der Waals surface area contributed by atoms with Crippen LogP contribution in [0.25, 0.3) is 0 Å². The maximum absolute atomic E-state index is 9.59. The van der Waals surface area contributed by atoms with Gasteiger partial charge in [-0.15, -0.1) is 0 Å². The van der Waals surface area contributed by atoms with E-state index < -0.39 is 6.10 Å². The molecule has 0 aliphatic carbocycles. The number of rotatable bonds is 2. The molecule has 3 nitrogen and oxygen atoms in total. The average Bonchev–Trinajstić information content (AvgIpc) is 2.09. The number of ether oxygens (including phenoxy) is 1. The summed E-state index contributed by atoms with van der Waals surface area (Å²) in [6.07, 6.45) is -0.638. The highest BCUT2D eigenvalue weighted by atomic mass is 16.5. The predicted octanol–water partition coefficient (Wildman–Crippen LogP) is 1.76. The number of phenolic OH excluding ortho intramolecular Hbond substituents is 1. The summed E-state index contributed by atoms with van der Waals surface area (Å²) in [5.41, 5.74) is 1.34. The quantitative estimate of drug-likeness (QED) is 0.732. The lowest BCUT2D eigenvalue weighted by atomic mass is 10.1. The minimum absolute atomic E-state index is 0.0981. The van der Waals surface area contributed by atoms with Gasteiger partial charge in [-0.1, -0.05) is 12.1 Å². The Bertz CT molecular complexity index is 305. The first-order valence-corrected chi connectivity index (χ1v) is 4.12. The zero-order valence-electron chi connectivity index (χ0n) is 8.03. The zero-order valence-corrected chi connectivity index (χ0v) is 8.03. The van der Waals surface area contributed by atoms with Crippen molar-refractivity contribution < 1.29 is 14.9 Å². The Labute approximate surface area is 77.6 Å². The highest BCUT2D eigenvalue weighted by molar-refractivity contribution is 5.51. The van der Waals surface area contributed by atoms with Crippen LogP contribution in [0.15, 0.2) is 12.1 Å². The van der Waals surface area contributed by atoms with E-state index in [-0.39, 0.29) is 5.75 Å². The molecule has 0 fully saturated rings. The van der Waals surface area contributed by atoms with E-state index in [0.717, 1.165) is 5.56 Å². The number of phenols is 1. The summed E-state index contributed by atoms with van der Waals surface area (Å²) < 4.78 is 5.01. The van der Waals surface area contributed by atoms with Gasteiger partial charge in [0.15, 0.2) is 11.5 Å². The van der Waals surface area contributed by atoms with Crippen molar-refractivity contribution in [2.45, 2.75) is 20.0 Å². The van der Waals surface area contributed by atoms with Gasteiger partial charge >= 0.3 is 0 Å². The highest BCUT2D eigenvalue weighted by Gasteiger charge is 2.13. The summed E-state index contributed by atoms with van der Waals surface area (Å²) in [4.78, 5) is 0. The summed E-state index contributed by atoms with van der Waals surface area (Å²) in [5, 5.41) is 19.0. The van der Waals surface area contributed by atoms with E-state index in [1.807, 2.05) is 0 Å². The average molecular weight is 182 g/mol. The highest BCUT2D eigenvalue weighted by Crippen LogP contribution is 2.36. The number of aliphatic hydroxyl groups excluding tert-OH is 1. The Kier molecular flexibility index (Phi) is 2.78. The van der Waals surface area contributed by atoms with Gasteiger partial charge in [-0.2, -0.15) is 0 Å². The van der Waals surface area contributed by atoms with Crippen molar-refractivity contribution in [3.8, 4) is 11.5 Å². The third kappa shape index (κ3) is 1.75. The molecule has 0 spiro atoms. The lowest BCUT2D eigenvalue weighted by Gasteiger charge is -2.13. The third-order valence-corrected chi connectivity index (χ3v) is 2.02. The van der Waals surface area contributed by atoms with Crippen LogP contribution in [-0.2, 0) is 0 Å². The lowest BCUT2D eigenvalue weighted by molar-refractivity contribution is 0.193. The van der Waals surface area contributed by atoms with Crippen LogP contribution in [0.3, 0.4) is 0 Å². The second kappa shape index (κ2) is 3.66. The molecule has 1 unspecified atom stereocenters. The van der Waals surface area contributed by atoms with Crippen LogP contribution in [-0.4, -0.2) is 17.3 Å². The Morgan fingerprint density at radius 3 is 2.46 bits per heavy atom. The molecule has 13 heavy (non-hydrogen) atoms. The molecule has 0 heterocycles. The SMILES string of the molecule is COc1c(C(C)O)ccc(C)c1O. The van der Waals surface area contributed by atoms with Gasteiger partial charge in [0.2, 0.25) is 0 Å². The Morgan fingerprint density at radius 1 is 1.38 bits per heavy atom. The van der Waals surface area contributed by atoms with E-state index in [1.54, 1.807) is 26.0 Å². The molecule has 0 saturated heterocycles. The van der Waals surface area contributed by atoms with Gasteiger partial charge in [0.05, 0.1) is 13.2 Å². The van der Waals surface area contributed by atoms with Crippen LogP contribution in [0.2, 0.25) is 0 Å². The number of benzene rings is 1. The molecule has 0 bridgehead atoms. The second-order valence-electron chi connectivity index (χ2n) is 3.03. The summed E-state index contributed by atoms with van der Waals surface area (Å²) in [6.45, 7) is 3.41. The Hall–Kier alpha value is -1.22.